The fraction of sp³-hybridized carbons (Fsp3) is 0.286. The summed E-state index contributed by atoms with van der Waals surface area (Å²) >= 11 is 6.36. The molecule has 1 saturated heterocycles. The topological polar surface area (TPSA) is 214 Å². The van der Waals surface area contributed by atoms with E-state index in [1.165, 1.54) is 23.1 Å². The van der Waals surface area contributed by atoms with E-state index in [0.29, 0.717) is 63.3 Å². The summed E-state index contributed by atoms with van der Waals surface area (Å²) in [4.78, 5) is 64.6. The normalized spacial score (nSPS) is 15.8. The maximum atomic E-state index is 14.9. The van der Waals surface area contributed by atoms with Crippen LogP contribution in [-0.2, 0) is 48.2 Å². The van der Waals surface area contributed by atoms with Gasteiger partial charge in [0.15, 0.2) is 0 Å². The van der Waals surface area contributed by atoms with Crippen molar-refractivity contribution >= 4 is 58.3 Å². The number of piperidine rings is 1. The van der Waals surface area contributed by atoms with E-state index in [4.69, 9.17) is 30.8 Å². The van der Waals surface area contributed by atoms with Crippen molar-refractivity contribution in [2.75, 3.05) is 50.3 Å². The summed E-state index contributed by atoms with van der Waals surface area (Å²) in [7, 11) is 0. The number of rotatable bonds is 19. The molecule has 0 aliphatic carbocycles. The highest BCUT2D eigenvalue weighted by Crippen LogP contribution is 2.35. The SMILES string of the molecule is O=C1CCC(N2Cc3cc(NC(=O)CCOCCOCC(O)COCCn4cc(-c5ccc(Nc6ncc7c(n6)-c6ccc(Cl)cc6C(c6c(F)cccc6F)=NC7)cc5)[nH]4)ccc3C2=O)C(=O)N1. The lowest BCUT2D eigenvalue weighted by Crippen LogP contribution is -2.52. The molecule has 17 nitrogen and oxygen atoms in total. The minimum atomic E-state index is -0.832. The summed E-state index contributed by atoms with van der Waals surface area (Å²) < 4.78 is 48.4. The van der Waals surface area contributed by atoms with Crippen LogP contribution in [0, 0.1) is 11.6 Å². The number of aromatic amines is 1. The van der Waals surface area contributed by atoms with Gasteiger partial charge in [0.05, 0.1) is 81.8 Å². The van der Waals surface area contributed by atoms with Gasteiger partial charge in [0.25, 0.3) is 5.91 Å². The van der Waals surface area contributed by atoms with Crippen LogP contribution in [0.5, 0.6) is 0 Å². The quantitative estimate of drug-likeness (QED) is 0.0458. The maximum absolute atomic E-state index is 14.9. The predicted molar refractivity (Wildman–Crippen MR) is 250 cm³/mol. The van der Waals surface area contributed by atoms with E-state index in [0.717, 1.165) is 16.9 Å². The largest absolute Gasteiger partial charge is 0.388 e. The van der Waals surface area contributed by atoms with Gasteiger partial charge in [-0.25, -0.2) is 18.7 Å². The summed E-state index contributed by atoms with van der Waals surface area (Å²) in [6.45, 7) is 1.96. The van der Waals surface area contributed by atoms with E-state index in [9.17, 15) is 33.1 Å². The van der Waals surface area contributed by atoms with Crippen LogP contribution < -0.4 is 16.0 Å². The number of anilines is 3. The van der Waals surface area contributed by atoms with Crippen molar-refractivity contribution in [2.24, 2.45) is 4.99 Å². The molecule has 0 saturated carbocycles. The van der Waals surface area contributed by atoms with Crippen molar-refractivity contribution in [1.82, 2.24) is 30.0 Å². The average molecular weight is 962 g/mol. The van der Waals surface area contributed by atoms with Crippen molar-refractivity contribution in [3.8, 4) is 22.5 Å². The van der Waals surface area contributed by atoms with Gasteiger partial charge in [0, 0.05) is 69.6 Å². The Labute approximate surface area is 398 Å². The number of aliphatic hydroxyl groups is 1. The first kappa shape index (κ1) is 46.9. The second-order valence-corrected chi connectivity index (χ2v) is 17.0. The van der Waals surface area contributed by atoms with Crippen molar-refractivity contribution < 1.29 is 47.3 Å². The number of nitrogens with one attached hydrogen (secondary N) is 4. The second-order valence-electron chi connectivity index (χ2n) is 16.6. The van der Waals surface area contributed by atoms with Crippen LogP contribution in [0.2, 0.25) is 5.02 Å². The Balaban J connectivity index is 0.648. The summed E-state index contributed by atoms with van der Waals surface area (Å²) in [6.07, 6.45) is 3.31. The van der Waals surface area contributed by atoms with Crippen molar-refractivity contribution in [1.29, 1.82) is 0 Å². The smallest absolute Gasteiger partial charge is 0.255 e. The molecule has 4 amide bonds. The third-order valence-corrected chi connectivity index (χ3v) is 11.9. The number of imide groups is 1. The highest BCUT2D eigenvalue weighted by atomic mass is 35.5. The first-order valence-electron chi connectivity index (χ1n) is 22.2. The number of aromatic nitrogens is 4. The van der Waals surface area contributed by atoms with Crippen LogP contribution in [-0.4, -0.2) is 111 Å². The number of halogens is 3. The first-order valence-corrected chi connectivity index (χ1v) is 22.6. The van der Waals surface area contributed by atoms with Crippen molar-refractivity contribution in [3.05, 3.63) is 136 Å². The lowest BCUT2D eigenvalue weighted by Gasteiger charge is -2.29. The van der Waals surface area contributed by atoms with E-state index in [2.05, 4.69) is 31.0 Å². The lowest BCUT2D eigenvalue weighted by molar-refractivity contribution is -0.137. The molecule has 0 spiro atoms. The lowest BCUT2D eigenvalue weighted by atomic mass is 9.95. The number of carbonyl (C=O) groups excluding carboxylic acids is 4. The summed E-state index contributed by atoms with van der Waals surface area (Å²) in [6, 6.07) is 20.7. The van der Waals surface area contributed by atoms with Crippen molar-refractivity contribution in [2.45, 2.75) is 51.0 Å². The number of hydrogen-bond donors (Lipinski definition) is 5. The number of H-pyrrole nitrogens is 1. The molecule has 5 N–H and O–H groups in total. The zero-order valence-corrected chi connectivity index (χ0v) is 37.7. The minimum absolute atomic E-state index is 0.0551. The predicted octanol–water partition coefficient (Wildman–Crippen LogP) is 6.17. The zero-order chi connectivity index (χ0) is 48.0. The molecule has 2 unspecified atom stereocenters. The summed E-state index contributed by atoms with van der Waals surface area (Å²) in [5, 5.41) is 22.3. The molecule has 5 heterocycles. The van der Waals surface area contributed by atoms with E-state index in [1.807, 2.05) is 35.1 Å². The third kappa shape index (κ3) is 10.9. The number of ether oxygens (including phenoxy) is 3. The van der Waals surface area contributed by atoms with Crippen LogP contribution in [0.25, 0.3) is 22.5 Å². The van der Waals surface area contributed by atoms with E-state index >= 15 is 0 Å². The van der Waals surface area contributed by atoms with Gasteiger partial charge in [0.1, 0.15) is 23.8 Å². The van der Waals surface area contributed by atoms with Crippen LogP contribution in [0.4, 0.5) is 26.1 Å². The summed E-state index contributed by atoms with van der Waals surface area (Å²) in [5.74, 6) is -2.51. The number of benzene rings is 4. The van der Waals surface area contributed by atoms with Gasteiger partial charge >= 0.3 is 0 Å². The second kappa shape index (κ2) is 21.0. The van der Waals surface area contributed by atoms with Crippen LogP contribution in [0.15, 0.2) is 96.2 Å². The van der Waals surface area contributed by atoms with Gasteiger partial charge in [0.2, 0.25) is 23.7 Å². The van der Waals surface area contributed by atoms with Gasteiger partial charge in [-0.15, -0.1) is 0 Å². The Hall–Kier alpha value is -7.16. The van der Waals surface area contributed by atoms with E-state index in [-0.39, 0.29) is 94.4 Å². The number of aliphatic hydroxyl groups excluding tert-OH is 1. The number of aliphatic imine (C=N–C) groups is 1. The third-order valence-electron chi connectivity index (χ3n) is 11.7. The molecular formula is C49H46ClF2N9O8. The van der Waals surface area contributed by atoms with Gasteiger partial charge < -0.3 is 34.9 Å². The molecule has 2 aromatic heterocycles. The molecule has 20 heteroatoms. The maximum Gasteiger partial charge on any atom is 0.255 e. The van der Waals surface area contributed by atoms with Gasteiger partial charge in [-0.05, 0) is 66.6 Å². The average Bonchev–Trinajstić information content (AvgIpc) is 3.55. The van der Waals surface area contributed by atoms with Crippen LogP contribution in [0.3, 0.4) is 0 Å². The fourth-order valence-electron chi connectivity index (χ4n) is 8.26. The molecule has 2 atom stereocenters. The molecule has 9 rings (SSSR count). The Morgan fingerprint density at radius 1 is 0.884 bits per heavy atom. The Morgan fingerprint density at radius 3 is 2.41 bits per heavy atom. The highest BCUT2D eigenvalue weighted by molar-refractivity contribution is 6.31. The standard InChI is InChI=1S/C49H46ClF2N9O8/c50-31-6-10-36-37(21-31)46(44-38(51)2-1-3-39(44)52)53-22-30-23-54-49(58-45(30)36)56-32-7-4-28(5-8-32)40-25-60(59-40)15-17-68-26-34(62)27-69-19-18-67-16-14-43(64)55-33-9-11-35-29(20-33)24-61(48(35)66)41-12-13-42(63)57-47(41)65/h1-11,20-21,23,25,34,41,59,62H,12-19,22,24,26-27H2,(H,55,64)(H,54,56,58)(H,57,63,65). The highest BCUT2D eigenvalue weighted by Gasteiger charge is 2.39. The summed E-state index contributed by atoms with van der Waals surface area (Å²) in [5.41, 5.74) is 6.54. The number of hydrogen-bond acceptors (Lipinski definition) is 12. The van der Waals surface area contributed by atoms with Crippen LogP contribution >= 0.6 is 11.6 Å². The van der Waals surface area contributed by atoms with Crippen LogP contribution in [0.1, 0.15) is 51.9 Å². The fourth-order valence-corrected chi connectivity index (χ4v) is 8.43. The molecule has 0 radical (unpaired) electrons. The van der Waals surface area contributed by atoms with E-state index in [1.54, 1.807) is 42.6 Å². The Bertz CT molecular complexity index is 2910. The zero-order valence-electron chi connectivity index (χ0n) is 37.0. The van der Waals surface area contributed by atoms with Gasteiger partial charge in [-0.1, -0.05) is 35.9 Å². The first-order chi connectivity index (χ1) is 33.5. The molecule has 69 heavy (non-hydrogen) atoms. The minimum Gasteiger partial charge on any atom is -0.388 e. The Kier molecular flexibility index (Phi) is 14.3. The van der Waals surface area contributed by atoms with Gasteiger partial charge in [-0.3, -0.25) is 39.3 Å². The number of amides is 4. The number of nitrogens with zero attached hydrogens (tertiary/aromatic N) is 5. The molecule has 3 aliphatic heterocycles. The Morgan fingerprint density at radius 2 is 1.62 bits per heavy atom. The molecule has 3 aliphatic rings. The number of carbonyl (C=O) groups is 4. The molecular weight excluding hydrogens is 916 g/mol. The monoisotopic (exact) mass is 961 g/mol. The van der Waals surface area contributed by atoms with Crippen molar-refractivity contribution in [3.63, 3.8) is 0 Å². The number of fused-ring (bicyclic) bond motifs is 4. The van der Waals surface area contributed by atoms with E-state index < -0.39 is 29.7 Å². The molecule has 0 bridgehead atoms. The molecule has 1 fully saturated rings. The molecule has 6 aromatic rings. The molecule has 356 valence electrons. The molecule has 4 aromatic carbocycles. The van der Waals surface area contributed by atoms with Gasteiger partial charge in [-0.2, -0.15) is 0 Å².